The molecule has 1 unspecified atom stereocenters. The van der Waals surface area contributed by atoms with Gasteiger partial charge in [-0.05, 0) is 64.1 Å². The van der Waals surface area contributed by atoms with Gasteiger partial charge < -0.3 is 9.69 Å². The molecule has 0 aromatic carbocycles. The first-order valence-corrected chi connectivity index (χ1v) is 6.81. The topological polar surface area (TPSA) is 20.3 Å². The third-order valence-corrected chi connectivity index (χ3v) is 3.81. The Labute approximate surface area is 100 Å². The summed E-state index contributed by atoms with van der Waals surface area (Å²) in [6, 6.07) is 0. The monoisotopic (exact) mass is 225 g/mol. The van der Waals surface area contributed by atoms with Crippen molar-refractivity contribution in [1.29, 1.82) is 0 Å². The number of rotatable bonds is 5. The van der Waals surface area contributed by atoms with Gasteiger partial charge in [0.1, 0.15) is 5.78 Å². The predicted octanol–water partition coefficient (Wildman–Crippen LogP) is 3.11. The molecule has 94 valence electrons. The van der Waals surface area contributed by atoms with Crippen LogP contribution >= 0.6 is 0 Å². The molecule has 1 fully saturated rings. The zero-order valence-corrected chi connectivity index (χ0v) is 11.2. The first-order valence-electron chi connectivity index (χ1n) is 6.81. The molecule has 0 aromatic rings. The van der Waals surface area contributed by atoms with Crippen LogP contribution in [0.25, 0.3) is 0 Å². The van der Waals surface area contributed by atoms with Gasteiger partial charge in [0.15, 0.2) is 0 Å². The molecule has 0 amide bonds. The van der Waals surface area contributed by atoms with Gasteiger partial charge in [-0.3, -0.25) is 0 Å². The van der Waals surface area contributed by atoms with Gasteiger partial charge in [0.05, 0.1) is 0 Å². The lowest BCUT2D eigenvalue weighted by molar-refractivity contribution is -0.117. The number of hydrogen-bond donors (Lipinski definition) is 0. The van der Waals surface area contributed by atoms with Crippen LogP contribution in [-0.2, 0) is 4.79 Å². The summed E-state index contributed by atoms with van der Waals surface area (Å²) >= 11 is 0. The zero-order valence-electron chi connectivity index (χ0n) is 11.2. The smallest absolute Gasteiger partial charge is 0.129 e. The number of ketones is 1. The molecule has 0 aliphatic carbocycles. The number of carbonyl (C=O) groups is 1. The molecule has 2 nitrogen and oxygen atoms in total. The highest BCUT2D eigenvalue weighted by Gasteiger charge is 2.18. The highest BCUT2D eigenvalue weighted by atomic mass is 16.1. The van der Waals surface area contributed by atoms with Crippen LogP contribution in [0.1, 0.15) is 52.9 Å². The van der Waals surface area contributed by atoms with E-state index in [0.29, 0.717) is 5.78 Å². The van der Waals surface area contributed by atoms with E-state index >= 15 is 0 Å². The van der Waals surface area contributed by atoms with Crippen LogP contribution in [-0.4, -0.2) is 30.3 Å². The van der Waals surface area contributed by atoms with Crippen molar-refractivity contribution in [3.63, 3.8) is 0 Å². The van der Waals surface area contributed by atoms with Gasteiger partial charge in [-0.2, -0.15) is 0 Å². The molecule has 0 N–H and O–H groups in total. The molecule has 1 saturated heterocycles. The Morgan fingerprint density at radius 1 is 1.31 bits per heavy atom. The maximum Gasteiger partial charge on any atom is 0.129 e. The lowest BCUT2D eigenvalue weighted by Crippen LogP contribution is -2.26. The SMILES string of the molecule is CC(=O)CCCN1CCCC(C(C)C)CC1. The van der Waals surface area contributed by atoms with E-state index in [-0.39, 0.29) is 0 Å². The van der Waals surface area contributed by atoms with E-state index in [9.17, 15) is 4.79 Å². The quantitative estimate of drug-likeness (QED) is 0.716. The molecule has 0 saturated carbocycles. The van der Waals surface area contributed by atoms with Crippen molar-refractivity contribution in [2.24, 2.45) is 11.8 Å². The minimum absolute atomic E-state index is 0.329. The second kappa shape index (κ2) is 7.05. The van der Waals surface area contributed by atoms with Crippen LogP contribution in [0.5, 0.6) is 0 Å². The number of carbonyl (C=O) groups excluding carboxylic acids is 1. The maximum absolute atomic E-state index is 10.9. The van der Waals surface area contributed by atoms with E-state index in [4.69, 9.17) is 0 Å². The summed E-state index contributed by atoms with van der Waals surface area (Å²) < 4.78 is 0. The standard InChI is InChI=1S/C14H27NO/c1-12(2)14-7-5-10-15(11-8-14)9-4-6-13(3)16/h12,14H,4-11H2,1-3H3. The van der Waals surface area contributed by atoms with Crippen LogP contribution in [0.3, 0.4) is 0 Å². The van der Waals surface area contributed by atoms with Crippen LogP contribution in [0.2, 0.25) is 0 Å². The van der Waals surface area contributed by atoms with E-state index in [1.54, 1.807) is 6.92 Å². The molecule has 1 aliphatic heterocycles. The van der Waals surface area contributed by atoms with Crippen molar-refractivity contribution in [2.75, 3.05) is 19.6 Å². The summed E-state index contributed by atoms with van der Waals surface area (Å²) in [7, 11) is 0. The number of nitrogens with zero attached hydrogens (tertiary/aromatic N) is 1. The second-order valence-corrected chi connectivity index (χ2v) is 5.58. The zero-order chi connectivity index (χ0) is 12.0. The molecule has 0 bridgehead atoms. The molecule has 0 radical (unpaired) electrons. The molecule has 1 aliphatic rings. The summed E-state index contributed by atoms with van der Waals surface area (Å²) in [5, 5.41) is 0. The second-order valence-electron chi connectivity index (χ2n) is 5.58. The average molecular weight is 225 g/mol. The third-order valence-electron chi connectivity index (χ3n) is 3.81. The van der Waals surface area contributed by atoms with E-state index in [1.807, 2.05) is 0 Å². The Morgan fingerprint density at radius 2 is 2.06 bits per heavy atom. The minimum atomic E-state index is 0.329. The Balaban J connectivity index is 2.22. The number of likely N-dealkylation sites (tertiary alicyclic amines) is 1. The van der Waals surface area contributed by atoms with Gasteiger partial charge >= 0.3 is 0 Å². The van der Waals surface area contributed by atoms with Gasteiger partial charge in [0.2, 0.25) is 0 Å². The first kappa shape index (κ1) is 13.7. The van der Waals surface area contributed by atoms with Gasteiger partial charge in [-0.15, -0.1) is 0 Å². The fraction of sp³-hybridized carbons (Fsp3) is 0.929. The maximum atomic E-state index is 10.9. The van der Waals surface area contributed by atoms with Crippen molar-refractivity contribution in [3.8, 4) is 0 Å². The first-order chi connectivity index (χ1) is 7.59. The number of hydrogen-bond acceptors (Lipinski definition) is 2. The molecule has 0 spiro atoms. The van der Waals surface area contributed by atoms with Crippen molar-refractivity contribution < 1.29 is 4.79 Å². The van der Waals surface area contributed by atoms with Crippen LogP contribution in [0.15, 0.2) is 0 Å². The Morgan fingerprint density at radius 3 is 2.69 bits per heavy atom. The molecular weight excluding hydrogens is 198 g/mol. The van der Waals surface area contributed by atoms with E-state index in [2.05, 4.69) is 18.7 Å². The van der Waals surface area contributed by atoms with Gasteiger partial charge in [-0.25, -0.2) is 0 Å². The highest BCUT2D eigenvalue weighted by molar-refractivity contribution is 5.75. The average Bonchev–Trinajstić information content (AvgIpc) is 2.42. The predicted molar refractivity (Wildman–Crippen MR) is 68.5 cm³/mol. The van der Waals surface area contributed by atoms with Crippen molar-refractivity contribution in [3.05, 3.63) is 0 Å². The van der Waals surface area contributed by atoms with E-state index < -0.39 is 0 Å². The van der Waals surface area contributed by atoms with Gasteiger partial charge in [0.25, 0.3) is 0 Å². The fourth-order valence-corrected chi connectivity index (χ4v) is 2.62. The Bertz CT molecular complexity index is 213. The van der Waals surface area contributed by atoms with Gasteiger partial charge in [-0.1, -0.05) is 13.8 Å². The van der Waals surface area contributed by atoms with E-state index in [1.165, 1.54) is 32.4 Å². The summed E-state index contributed by atoms with van der Waals surface area (Å²) in [4.78, 5) is 13.4. The Kier molecular flexibility index (Phi) is 6.04. The molecular formula is C14H27NO. The van der Waals surface area contributed by atoms with Crippen molar-refractivity contribution >= 4 is 5.78 Å². The number of Topliss-reactive ketones (excluding diaryl/α,β-unsaturated/α-hetero) is 1. The fourth-order valence-electron chi connectivity index (χ4n) is 2.62. The molecule has 16 heavy (non-hydrogen) atoms. The summed E-state index contributed by atoms with van der Waals surface area (Å²) in [5.41, 5.74) is 0. The molecule has 1 atom stereocenters. The molecule has 1 rings (SSSR count). The molecule has 1 heterocycles. The van der Waals surface area contributed by atoms with Crippen LogP contribution < -0.4 is 0 Å². The largest absolute Gasteiger partial charge is 0.303 e. The van der Waals surface area contributed by atoms with Crippen molar-refractivity contribution in [1.82, 2.24) is 4.90 Å². The molecule has 0 aromatic heterocycles. The summed E-state index contributed by atoms with van der Waals surface area (Å²) in [6.45, 7) is 9.97. The van der Waals surface area contributed by atoms with Gasteiger partial charge in [0, 0.05) is 6.42 Å². The normalized spacial score (nSPS) is 23.4. The van der Waals surface area contributed by atoms with Crippen LogP contribution in [0.4, 0.5) is 0 Å². The highest BCUT2D eigenvalue weighted by Crippen LogP contribution is 2.24. The van der Waals surface area contributed by atoms with Crippen molar-refractivity contribution in [2.45, 2.75) is 52.9 Å². The van der Waals surface area contributed by atoms with Crippen LogP contribution in [0, 0.1) is 11.8 Å². The molecule has 2 heteroatoms. The summed E-state index contributed by atoms with van der Waals surface area (Å²) in [6.07, 6.45) is 5.87. The lowest BCUT2D eigenvalue weighted by atomic mass is 9.89. The summed E-state index contributed by atoms with van der Waals surface area (Å²) in [5.74, 6) is 2.07. The third kappa shape index (κ3) is 5.11. The Hall–Kier alpha value is -0.370. The minimum Gasteiger partial charge on any atom is -0.303 e. The lowest BCUT2D eigenvalue weighted by Gasteiger charge is -2.20. The van der Waals surface area contributed by atoms with E-state index in [0.717, 1.165) is 31.2 Å².